The predicted octanol–water partition coefficient (Wildman–Crippen LogP) is 3.42. The van der Waals surface area contributed by atoms with Crippen molar-refractivity contribution in [2.45, 2.75) is 77.9 Å². The molecule has 3 saturated carbocycles. The minimum absolute atomic E-state index is 0.104. The number of fused-ring (bicyclic) bond motifs is 5. The summed E-state index contributed by atoms with van der Waals surface area (Å²) in [7, 11) is 0. The van der Waals surface area contributed by atoms with Crippen molar-refractivity contribution in [3.63, 3.8) is 0 Å². The summed E-state index contributed by atoms with van der Waals surface area (Å²) in [6, 6.07) is 0. The molecule has 4 aliphatic rings. The van der Waals surface area contributed by atoms with Crippen LogP contribution in [0.4, 0.5) is 0 Å². The van der Waals surface area contributed by atoms with Crippen LogP contribution in [0.3, 0.4) is 0 Å². The number of aliphatic hydroxyl groups is 1. The second-order valence-corrected chi connectivity index (χ2v) is 9.33. The van der Waals surface area contributed by atoms with Crippen molar-refractivity contribution in [1.82, 2.24) is 0 Å². The molecule has 0 aliphatic heterocycles. The molecule has 7 unspecified atom stereocenters. The van der Waals surface area contributed by atoms with Crippen molar-refractivity contribution in [2.75, 3.05) is 0 Å². The summed E-state index contributed by atoms with van der Waals surface area (Å²) >= 11 is 0. The number of carbonyl (C=O) groups excluding carboxylic acids is 2. The standard InChI is InChI=1S/C21H30O4/c1-12(22)25-17-11-18(24)21(3)9-7-16-15(19(17)21)5-4-13-10-14(23)6-8-20(13,16)2/h10,15-19,24H,4-9,11H2,1-3H3. The lowest BCUT2D eigenvalue weighted by Gasteiger charge is -2.58. The summed E-state index contributed by atoms with van der Waals surface area (Å²) in [6.07, 6.45) is 7.64. The fraction of sp³-hybridized carbons (Fsp3) is 0.810. The summed E-state index contributed by atoms with van der Waals surface area (Å²) in [6.45, 7) is 6.01. The molecule has 0 heterocycles. The number of aliphatic hydroxyl groups excluding tert-OH is 1. The van der Waals surface area contributed by atoms with Gasteiger partial charge in [0.2, 0.25) is 0 Å². The molecule has 4 heteroatoms. The van der Waals surface area contributed by atoms with Gasteiger partial charge in [0, 0.05) is 31.1 Å². The summed E-state index contributed by atoms with van der Waals surface area (Å²) in [5.41, 5.74) is 1.30. The van der Waals surface area contributed by atoms with Gasteiger partial charge in [-0.1, -0.05) is 19.4 Å². The molecule has 7 atom stereocenters. The Hall–Kier alpha value is -1.16. The molecule has 25 heavy (non-hydrogen) atoms. The molecule has 4 aliphatic carbocycles. The van der Waals surface area contributed by atoms with E-state index in [1.807, 2.05) is 6.08 Å². The van der Waals surface area contributed by atoms with Crippen molar-refractivity contribution >= 4 is 11.8 Å². The summed E-state index contributed by atoms with van der Waals surface area (Å²) in [5.74, 6) is 1.27. The Morgan fingerprint density at radius 2 is 2.00 bits per heavy atom. The Labute approximate surface area is 150 Å². The van der Waals surface area contributed by atoms with Crippen molar-refractivity contribution in [1.29, 1.82) is 0 Å². The van der Waals surface area contributed by atoms with Crippen molar-refractivity contribution in [2.24, 2.45) is 28.6 Å². The zero-order valence-electron chi connectivity index (χ0n) is 15.6. The Morgan fingerprint density at radius 1 is 1.24 bits per heavy atom. The number of rotatable bonds is 1. The number of esters is 1. The van der Waals surface area contributed by atoms with Crippen LogP contribution in [0.15, 0.2) is 11.6 Å². The number of hydrogen-bond donors (Lipinski definition) is 1. The van der Waals surface area contributed by atoms with Gasteiger partial charge in [0.05, 0.1) is 6.10 Å². The van der Waals surface area contributed by atoms with Crippen LogP contribution in [0.1, 0.15) is 65.7 Å². The highest BCUT2D eigenvalue weighted by molar-refractivity contribution is 5.91. The molecule has 0 saturated heterocycles. The molecular formula is C21H30O4. The Balaban J connectivity index is 1.69. The zero-order chi connectivity index (χ0) is 18.0. The van der Waals surface area contributed by atoms with Crippen LogP contribution in [0.2, 0.25) is 0 Å². The van der Waals surface area contributed by atoms with E-state index in [1.54, 1.807) is 0 Å². The molecule has 4 nitrogen and oxygen atoms in total. The average molecular weight is 346 g/mol. The number of ether oxygens (including phenoxy) is 1. The molecule has 1 N–H and O–H groups in total. The first-order valence-electron chi connectivity index (χ1n) is 9.85. The van der Waals surface area contributed by atoms with Gasteiger partial charge in [-0.3, -0.25) is 9.59 Å². The molecule has 0 aromatic rings. The molecule has 0 aromatic heterocycles. The lowest BCUT2D eigenvalue weighted by Crippen LogP contribution is -2.53. The van der Waals surface area contributed by atoms with Gasteiger partial charge in [-0.25, -0.2) is 0 Å². The normalized spacial score (nSPS) is 48.9. The van der Waals surface area contributed by atoms with Gasteiger partial charge in [0.25, 0.3) is 0 Å². The van der Waals surface area contributed by atoms with Crippen molar-refractivity contribution in [3.05, 3.63) is 11.6 Å². The maximum absolute atomic E-state index is 11.9. The van der Waals surface area contributed by atoms with Gasteiger partial charge in [0.15, 0.2) is 5.78 Å². The van der Waals surface area contributed by atoms with E-state index >= 15 is 0 Å². The third-order valence-electron chi connectivity index (χ3n) is 8.19. The van der Waals surface area contributed by atoms with Crippen LogP contribution in [0, 0.1) is 28.6 Å². The highest BCUT2D eigenvalue weighted by Crippen LogP contribution is 2.65. The number of allylic oxidation sites excluding steroid dienone is 1. The molecule has 4 rings (SSSR count). The average Bonchev–Trinajstić information content (AvgIpc) is 2.78. The highest BCUT2D eigenvalue weighted by Gasteiger charge is 2.62. The summed E-state index contributed by atoms with van der Waals surface area (Å²) < 4.78 is 5.68. The first kappa shape index (κ1) is 17.3. The van der Waals surface area contributed by atoms with Crippen LogP contribution >= 0.6 is 0 Å². The summed E-state index contributed by atoms with van der Waals surface area (Å²) in [5, 5.41) is 10.7. The Kier molecular flexibility index (Phi) is 3.91. The van der Waals surface area contributed by atoms with Crippen LogP contribution in [-0.2, 0) is 14.3 Å². The highest BCUT2D eigenvalue weighted by atomic mass is 16.5. The van der Waals surface area contributed by atoms with E-state index in [4.69, 9.17) is 4.74 Å². The van der Waals surface area contributed by atoms with Crippen molar-refractivity contribution < 1.29 is 19.4 Å². The second kappa shape index (κ2) is 5.67. The molecular weight excluding hydrogens is 316 g/mol. The van der Waals surface area contributed by atoms with Gasteiger partial charge in [-0.05, 0) is 55.4 Å². The predicted molar refractivity (Wildman–Crippen MR) is 93.7 cm³/mol. The maximum Gasteiger partial charge on any atom is 0.302 e. The summed E-state index contributed by atoms with van der Waals surface area (Å²) in [4.78, 5) is 23.5. The quantitative estimate of drug-likeness (QED) is 0.739. The van der Waals surface area contributed by atoms with E-state index in [9.17, 15) is 14.7 Å². The molecule has 0 bridgehead atoms. The van der Waals surface area contributed by atoms with Gasteiger partial charge < -0.3 is 9.84 Å². The Morgan fingerprint density at radius 3 is 2.72 bits per heavy atom. The fourth-order valence-corrected chi connectivity index (χ4v) is 6.90. The minimum atomic E-state index is -0.388. The number of hydrogen-bond acceptors (Lipinski definition) is 4. The van der Waals surface area contributed by atoms with Crippen LogP contribution < -0.4 is 0 Å². The largest absolute Gasteiger partial charge is 0.462 e. The SMILES string of the molecule is CC(=O)OC1CC(O)C2(C)CCC3C(CCC4=CC(=O)CCC43C)C12. The number of carbonyl (C=O) groups is 2. The van der Waals surface area contributed by atoms with E-state index in [0.717, 1.165) is 32.1 Å². The molecule has 3 fully saturated rings. The molecule has 0 spiro atoms. The van der Waals surface area contributed by atoms with E-state index in [0.29, 0.717) is 24.7 Å². The lowest BCUT2D eigenvalue weighted by atomic mass is 9.47. The third kappa shape index (κ3) is 2.43. The monoisotopic (exact) mass is 346 g/mol. The Bertz CT molecular complexity index is 638. The van der Waals surface area contributed by atoms with Crippen LogP contribution in [-0.4, -0.2) is 29.1 Å². The van der Waals surface area contributed by atoms with E-state index in [-0.39, 0.29) is 40.7 Å². The fourth-order valence-electron chi connectivity index (χ4n) is 6.90. The molecule has 0 amide bonds. The topological polar surface area (TPSA) is 63.6 Å². The van der Waals surface area contributed by atoms with Gasteiger partial charge in [-0.2, -0.15) is 0 Å². The van der Waals surface area contributed by atoms with Crippen LogP contribution in [0.5, 0.6) is 0 Å². The van der Waals surface area contributed by atoms with E-state index in [1.165, 1.54) is 12.5 Å². The lowest BCUT2D eigenvalue weighted by molar-refractivity contribution is -0.155. The molecule has 138 valence electrons. The van der Waals surface area contributed by atoms with Crippen LogP contribution in [0.25, 0.3) is 0 Å². The smallest absolute Gasteiger partial charge is 0.302 e. The first-order valence-corrected chi connectivity index (χ1v) is 9.85. The maximum atomic E-state index is 11.9. The first-order chi connectivity index (χ1) is 11.8. The van der Waals surface area contributed by atoms with Gasteiger partial charge in [-0.15, -0.1) is 0 Å². The second-order valence-electron chi connectivity index (χ2n) is 9.33. The van der Waals surface area contributed by atoms with E-state index in [2.05, 4.69) is 13.8 Å². The third-order valence-corrected chi connectivity index (χ3v) is 8.19. The molecule has 0 radical (unpaired) electrons. The minimum Gasteiger partial charge on any atom is -0.462 e. The number of ketones is 1. The van der Waals surface area contributed by atoms with E-state index < -0.39 is 0 Å². The zero-order valence-corrected chi connectivity index (χ0v) is 15.6. The van der Waals surface area contributed by atoms with Gasteiger partial charge in [0.1, 0.15) is 6.10 Å². The van der Waals surface area contributed by atoms with Gasteiger partial charge >= 0.3 is 5.97 Å². The van der Waals surface area contributed by atoms with Crippen molar-refractivity contribution in [3.8, 4) is 0 Å². The molecule has 0 aromatic carbocycles.